The summed E-state index contributed by atoms with van der Waals surface area (Å²) in [7, 11) is -0.327. The minimum Gasteiger partial charge on any atom is -0.539 e. The molecule has 142 valence electrons. The van der Waals surface area contributed by atoms with Crippen molar-refractivity contribution < 1.29 is 9.68 Å². The van der Waals surface area contributed by atoms with Crippen molar-refractivity contribution in [1.82, 2.24) is 4.57 Å². The Kier molecular flexibility index (Phi) is 3.80. The summed E-state index contributed by atoms with van der Waals surface area (Å²) in [6.45, 7) is 0. The first-order chi connectivity index (χ1) is 14.8. The highest BCUT2D eigenvalue weighted by Crippen LogP contribution is 2.40. The Balaban J connectivity index is 1.80. The van der Waals surface area contributed by atoms with Gasteiger partial charge in [0.2, 0.25) is 0 Å². The molecule has 0 saturated carbocycles. The Morgan fingerprint density at radius 1 is 0.600 bits per heavy atom. The largest absolute Gasteiger partial charge is 0.539 e. The predicted molar refractivity (Wildman–Crippen MR) is 126 cm³/mol. The second-order valence-corrected chi connectivity index (χ2v) is 7.46. The van der Waals surface area contributed by atoms with Crippen molar-refractivity contribution in [3.8, 4) is 11.4 Å². The van der Waals surface area contributed by atoms with Gasteiger partial charge in [0.15, 0.2) is 0 Å². The van der Waals surface area contributed by atoms with E-state index in [1.165, 1.54) is 43.4 Å². The van der Waals surface area contributed by atoms with Gasteiger partial charge in [0.25, 0.3) is 0 Å². The van der Waals surface area contributed by atoms with Crippen LogP contribution in [0, 0.1) is 0 Å². The van der Waals surface area contributed by atoms with Gasteiger partial charge in [0.1, 0.15) is 5.75 Å². The topological polar surface area (TPSA) is 34.4 Å². The van der Waals surface area contributed by atoms with Crippen LogP contribution < -0.4 is 4.65 Å². The lowest BCUT2D eigenvalue weighted by Gasteiger charge is -2.10. The Morgan fingerprint density at radius 3 is 1.67 bits per heavy atom. The molecule has 0 unspecified atom stereocenters. The number of nitrogens with zero attached hydrogens (tertiary/aromatic N) is 1. The second-order valence-electron chi connectivity index (χ2n) is 7.46. The molecular formula is C26H18BNO2. The van der Waals surface area contributed by atoms with Gasteiger partial charge in [0.05, 0.1) is 11.0 Å². The average molecular weight is 387 g/mol. The number of aromatic nitrogens is 1. The van der Waals surface area contributed by atoms with Gasteiger partial charge in [-0.3, -0.25) is 0 Å². The molecule has 0 saturated heterocycles. The van der Waals surface area contributed by atoms with E-state index in [0.29, 0.717) is 5.75 Å². The zero-order valence-corrected chi connectivity index (χ0v) is 16.2. The first kappa shape index (κ1) is 17.1. The minimum atomic E-state index is -0.327. The molecule has 0 bridgehead atoms. The molecule has 0 aliphatic heterocycles. The summed E-state index contributed by atoms with van der Waals surface area (Å²) in [6, 6.07) is 33.8. The number of benzene rings is 5. The fraction of sp³-hybridized carbons (Fsp3) is 0. The van der Waals surface area contributed by atoms with Crippen molar-refractivity contribution in [2.75, 3.05) is 0 Å². The van der Waals surface area contributed by atoms with Crippen LogP contribution in [0.1, 0.15) is 0 Å². The van der Waals surface area contributed by atoms with Crippen LogP contribution in [0.5, 0.6) is 5.75 Å². The lowest BCUT2D eigenvalue weighted by Crippen LogP contribution is -2.00. The minimum absolute atomic E-state index is 0.327. The fourth-order valence-electron chi connectivity index (χ4n) is 4.59. The van der Waals surface area contributed by atoms with Crippen LogP contribution in [0.4, 0.5) is 0 Å². The smallest absolute Gasteiger partial charge is 0.504 e. The first-order valence-corrected chi connectivity index (χ1v) is 10.0. The molecule has 4 heteroatoms. The normalized spacial score (nSPS) is 11.5. The number of hydrogen-bond acceptors (Lipinski definition) is 2. The van der Waals surface area contributed by atoms with Crippen molar-refractivity contribution in [2.45, 2.75) is 0 Å². The van der Waals surface area contributed by atoms with E-state index in [4.69, 9.17) is 9.68 Å². The molecule has 1 aromatic heterocycles. The summed E-state index contributed by atoms with van der Waals surface area (Å²) in [5.41, 5.74) is 3.41. The van der Waals surface area contributed by atoms with Crippen LogP contribution in [0.2, 0.25) is 0 Å². The maximum Gasteiger partial charge on any atom is 0.504 e. The third-order valence-electron chi connectivity index (χ3n) is 5.87. The summed E-state index contributed by atoms with van der Waals surface area (Å²) in [5.74, 6) is 0.651. The maximum atomic E-state index is 9.03. The first-order valence-electron chi connectivity index (χ1n) is 10.0. The van der Waals surface area contributed by atoms with Gasteiger partial charge in [-0.25, -0.2) is 0 Å². The molecule has 1 heterocycles. The lowest BCUT2D eigenvalue weighted by atomic mass is 10.00. The average Bonchev–Trinajstić information content (AvgIpc) is 3.15. The molecule has 0 spiro atoms. The predicted octanol–water partition coefficient (Wildman–Crippen LogP) is 5.73. The third kappa shape index (κ3) is 2.44. The van der Waals surface area contributed by atoms with Gasteiger partial charge in [0, 0.05) is 16.5 Å². The molecule has 0 fully saturated rings. The summed E-state index contributed by atoms with van der Waals surface area (Å²) in [4.78, 5) is 0. The van der Waals surface area contributed by atoms with Gasteiger partial charge in [-0.05, 0) is 57.9 Å². The van der Waals surface area contributed by atoms with Crippen LogP contribution in [0.25, 0.3) is 49.0 Å². The van der Waals surface area contributed by atoms with E-state index in [0.717, 1.165) is 5.69 Å². The Morgan fingerprint density at radius 2 is 1.13 bits per heavy atom. The third-order valence-corrected chi connectivity index (χ3v) is 5.87. The van der Waals surface area contributed by atoms with Crippen molar-refractivity contribution >= 4 is 51.0 Å². The molecule has 30 heavy (non-hydrogen) atoms. The van der Waals surface area contributed by atoms with Gasteiger partial charge < -0.3 is 14.2 Å². The molecule has 0 atom stereocenters. The molecule has 6 rings (SSSR count). The van der Waals surface area contributed by atoms with Gasteiger partial charge in [-0.15, -0.1) is 0 Å². The van der Waals surface area contributed by atoms with Crippen LogP contribution in [-0.2, 0) is 0 Å². The standard InChI is InChI=1S/C26H18BNO2/c29-27-30-20-13-11-19(12-14-20)28-23-15-9-17-5-1-3-7-21(17)25(23)26-22-8-4-2-6-18(22)10-16-24(26)28/h1-16,27,29H. The van der Waals surface area contributed by atoms with Crippen molar-refractivity contribution in [2.24, 2.45) is 0 Å². The molecule has 1 N–H and O–H groups in total. The monoisotopic (exact) mass is 387 g/mol. The molecular weight excluding hydrogens is 369 g/mol. The van der Waals surface area contributed by atoms with E-state index < -0.39 is 0 Å². The zero-order valence-electron chi connectivity index (χ0n) is 16.2. The number of rotatable bonds is 3. The SMILES string of the molecule is OBOc1ccc(-n2c3ccc4ccccc4c3c3c4ccccc4ccc32)cc1. The van der Waals surface area contributed by atoms with Crippen molar-refractivity contribution in [1.29, 1.82) is 0 Å². The number of fused-ring (bicyclic) bond motifs is 7. The Hall–Kier alpha value is -3.76. The molecule has 0 aliphatic rings. The number of hydrogen-bond donors (Lipinski definition) is 1. The lowest BCUT2D eigenvalue weighted by molar-refractivity contribution is 0.454. The molecule has 0 aliphatic carbocycles. The van der Waals surface area contributed by atoms with Crippen molar-refractivity contribution in [3.63, 3.8) is 0 Å². The van der Waals surface area contributed by atoms with Gasteiger partial charge in [-0.2, -0.15) is 0 Å². The van der Waals surface area contributed by atoms with E-state index >= 15 is 0 Å². The summed E-state index contributed by atoms with van der Waals surface area (Å²) in [5, 5.41) is 16.6. The van der Waals surface area contributed by atoms with E-state index in [1.54, 1.807) is 0 Å². The quantitative estimate of drug-likeness (QED) is 0.394. The molecule has 5 aromatic carbocycles. The fourth-order valence-corrected chi connectivity index (χ4v) is 4.59. The Bertz CT molecular complexity index is 1460. The van der Waals surface area contributed by atoms with Crippen LogP contribution >= 0.6 is 0 Å². The van der Waals surface area contributed by atoms with E-state index in [2.05, 4.69) is 77.4 Å². The maximum absolute atomic E-state index is 9.03. The van der Waals surface area contributed by atoms with E-state index in [-0.39, 0.29) is 7.69 Å². The molecule has 3 nitrogen and oxygen atoms in total. The van der Waals surface area contributed by atoms with E-state index in [9.17, 15) is 0 Å². The molecule has 0 radical (unpaired) electrons. The Labute approximate surface area is 174 Å². The van der Waals surface area contributed by atoms with Crippen molar-refractivity contribution in [3.05, 3.63) is 97.1 Å². The van der Waals surface area contributed by atoms with Crippen LogP contribution in [0.3, 0.4) is 0 Å². The molecule has 0 amide bonds. The highest BCUT2D eigenvalue weighted by molar-refractivity contribution is 6.28. The summed E-state index contributed by atoms with van der Waals surface area (Å²) < 4.78 is 7.53. The van der Waals surface area contributed by atoms with Gasteiger partial charge in [-0.1, -0.05) is 60.7 Å². The highest BCUT2D eigenvalue weighted by Gasteiger charge is 2.16. The zero-order chi connectivity index (χ0) is 20.1. The summed E-state index contributed by atoms with van der Waals surface area (Å²) >= 11 is 0. The summed E-state index contributed by atoms with van der Waals surface area (Å²) in [6.07, 6.45) is 0. The van der Waals surface area contributed by atoms with E-state index in [1.807, 2.05) is 24.3 Å². The molecule has 6 aromatic rings. The van der Waals surface area contributed by atoms with Crippen LogP contribution in [0.15, 0.2) is 97.1 Å². The second kappa shape index (κ2) is 6.65. The van der Waals surface area contributed by atoms with Crippen LogP contribution in [-0.4, -0.2) is 17.3 Å². The highest BCUT2D eigenvalue weighted by atomic mass is 16.5. The van der Waals surface area contributed by atoms with Gasteiger partial charge >= 0.3 is 7.69 Å².